The van der Waals surface area contributed by atoms with Gasteiger partial charge in [0, 0.05) is 21.9 Å². The zero-order valence-corrected chi connectivity index (χ0v) is 11.0. The Morgan fingerprint density at radius 1 is 1.53 bits per heavy atom. The van der Waals surface area contributed by atoms with Crippen molar-refractivity contribution in [2.24, 2.45) is 0 Å². The number of hydrogen-bond acceptors (Lipinski definition) is 3. The molecule has 0 bridgehead atoms. The summed E-state index contributed by atoms with van der Waals surface area (Å²) in [6, 6.07) is 2.57. The molecule has 0 saturated heterocycles. The van der Waals surface area contributed by atoms with Crippen molar-refractivity contribution < 1.29 is 5.11 Å². The van der Waals surface area contributed by atoms with E-state index in [0.717, 1.165) is 25.8 Å². The van der Waals surface area contributed by atoms with E-state index in [9.17, 15) is 5.11 Å². The van der Waals surface area contributed by atoms with Gasteiger partial charge in [-0.25, -0.2) is 0 Å². The first-order valence-electron chi connectivity index (χ1n) is 5.39. The summed E-state index contributed by atoms with van der Waals surface area (Å²) in [6.07, 6.45) is 4.12. The lowest BCUT2D eigenvalue weighted by atomic mass is 9.93. The SMILES string of the molecule is OC1CCCC(NCc2sccc2Br)C1. The van der Waals surface area contributed by atoms with Gasteiger partial charge in [-0.15, -0.1) is 11.3 Å². The number of halogens is 1. The maximum Gasteiger partial charge on any atom is 0.0555 e. The van der Waals surface area contributed by atoms with Crippen LogP contribution in [0.4, 0.5) is 0 Å². The Labute approximate surface area is 103 Å². The van der Waals surface area contributed by atoms with Crippen molar-refractivity contribution in [3.05, 3.63) is 20.8 Å². The Morgan fingerprint density at radius 3 is 3.07 bits per heavy atom. The largest absolute Gasteiger partial charge is 0.393 e. The van der Waals surface area contributed by atoms with E-state index >= 15 is 0 Å². The fourth-order valence-corrected chi connectivity index (χ4v) is 3.48. The molecular weight excluding hydrogens is 274 g/mol. The lowest BCUT2D eigenvalue weighted by Gasteiger charge is -2.26. The van der Waals surface area contributed by atoms with Gasteiger partial charge in [-0.05, 0) is 53.1 Å². The van der Waals surface area contributed by atoms with Crippen LogP contribution < -0.4 is 5.32 Å². The van der Waals surface area contributed by atoms with Crippen LogP contribution in [-0.4, -0.2) is 17.3 Å². The average molecular weight is 290 g/mol. The highest BCUT2D eigenvalue weighted by Crippen LogP contribution is 2.24. The van der Waals surface area contributed by atoms with Gasteiger partial charge in [-0.3, -0.25) is 0 Å². The normalized spacial score (nSPS) is 26.8. The Morgan fingerprint density at radius 2 is 2.40 bits per heavy atom. The smallest absolute Gasteiger partial charge is 0.0555 e. The minimum Gasteiger partial charge on any atom is -0.393 e. The van der Waals surface area contributed by atoms with E-state index in [1.54, 1.807) is 11.3 Å². The first-order valence-corrected chi connectivity index (χ1v) is 7.06. The number of nitrogens with one attached hydrogen (secondary N) is 1. The molecule has 2 atom stereocenters. The molecule has 0 spiro atoms. The second-order valence-electron chi connectivity index (χ2n) is 4.09. The molecule has 1 aliphatic rings. The van der Waals surface area contributed by atoms with Crippen LogP contribution in [0.5, 0.6) is 0 Å². The average Bonchev–Trinajstić information content (AvgIpc) is 2.61. The predicted molar refractivity (Wildman–Crippen MR) is 67.1 cm³/mol. The van der Waals surface area contributed by atoms with Crippen molar-refractivity contribution >= 4 is 27.3 Å². The van der Waals surface area contributed by atoms with Crippen LogP contribution in [0.25, 0.3) is 0 Å². The molecule has 0 aliphatic heterocycles. The zero-order valence-electron chi connectivity index (χ0n) is 8.58. The molecule has 1 aromatic rings. The molecule has 1 fully saturated rings. The fourth-order valence-electron chi connectivity index (χ4n) is 2.04. The summed E-state index contributed by atoms with van der Waals surface area (Å²) < 4.78 is 1.19. The molecule has 15 heavy (non-hydrogen) atoms. The molecule has 2 nitrogen and oxygen atoms in total. The van der Waals surface area contributed by atoms with E-state index in [4.69, 9.17) is 0 Å². The van der Waals surface area contributed by atoms with E-state index in [1.807, 2.05) is 0 Å². The van der Waals surface area contributed by atoms with Crippen LogP contribution in [0.2, 0.25) is 0 Å². The van der Waals surface area contributed by atoms with Crippen molar-refractivity contribution in [2.75, 3.05) is 0 Å². The second kappa shape index (κ2) is 5.43. The number of aliphatic hydroxyl groups is 1. The standard InChI is InChI=1S/C11H16BrNOS/c12-10-4-5-15-11(10)7-13-8-2-1-3-9(14)6-8/h4-5,8-9,13-14H,1-3,6-7H2. The van der Waals surface area contributed by atoms with Gasteiger partial charge in [0.25, 0.3) is 0 Å². The third-order valence-corrected chi connectivity index (χ3v) is 4.82. The highest BCUT2D eigenvalue weighted by atomic mass is 79.9. The van der Waals surface area contributed by atoms with Crippen LogP contribution >= 0.6 is 27.3 Å². The van der Waals surface area contributed by atoms with Gasteiger partial charge in [-0.1, -0.05) is 0 Å². The van der Waals surface area contributed by atoms with Crippen LogP contribution in [-0.2, 0) is 6.54 Å². The number of aliphatic hydroxyl groups excluding tert-OH is 1. The first-order chi connectivity index (χ1) is 7.25. The maximum atomic E-state index is 9.54. The van der Waals surface area contributed by atoms with Crippen molar-refractivity contribution in [2.45, 2.75) is 44.4 Å². The second-order valence-corrected chi connectivity index (χ2v) is 5.94. The molecule has 2 N–H and O–H groups in total. The van der Waals surface area contributed by atoms with E-state index < -0.39 is 0 Å². The minimum absolute atomic E-state index is 0.0944. The van der Waals surface area contributed by atoms with E-state index in [0.29, 0.717) is 6.04 Å². The molecular formula is C11H16BrNOS. The Kier molecular flexibility index (Phi) is 4.20. The maximum absolute atomic E-state index is 9.54. The van der Waals surface area contributed by atoms with E-state index in [2.05, 4.69) is 32.7 Å². The van der Waals surface area contributed by atoms with Gasteiger partial charge in [0.05, 0.1) is 6.10 Å². The topological polar surface area (TPSA) is 32.3 Å². The number of rotatable bonds is 3. The quantitative estimate of drug-likeness (QED) is 0.897. The molecule has 0 radical (unpaired) electrons. The monoisotopic (exact) mass is 289 g/mol. The van der Waals surface area contributed by atoms with Gasteiger partial charge in [0.1, 0.15) is 0 Å². The van der Waals surface area contributed by atoms with Crippen molar-refractivity contribution in [1.29, 1.82) is 0 Å². The van der Waals surface area contributed by atoms with Crippen LogP contribution in [0.3, 0.4) is 0 Å². The summed E-state index contributed by atoms with van der Waals surface area (Å²) in [6.45, 7) is 0.912. The predicted octanol–water partition coefficient (Wildman–Crippen LogP) is 2.90. The Hall–Kier alpha value is 0.100. The van der Waals surface area contributed by atoms with E-state index in [-0.39, 0.29) is 6.10 Å². The molecule has 1 saturated carbocycles. The molecule has 0 aromatic carbocycles. The molecule has 84 valence electrons. The number of hydrogen-bond donors (Lipinski definition) is 2. The van der Waals surface area contributed by atoms with Crippen molar-refractivity contribution in [3.63, 3.8) is 0 Å². The number of thiophene rings is 1. The molecule has 4 heteroatoms. The molecule has 2 rings (SSSR count). The van der Waals surface area contributed by atoms with Crippen LogP contribution in [0.1, 0.15) is 30.6 Å². The van der Waals surface area contributed by atoms with Crippen molar-refractivity contribution in [1.82, 2.24) is 5.32 Å². The summed E-state index contributed by atoms with van der Waals surface area (Å²) in [7, 11) is 0. The summed E-state index contributed by atoms with van der Waals surface area (Å²) in [5.41, 5.74) is 0. The van der Waals surface area contributed by atoms with Gasteiger partial charge >= 0.3 is 0 Å². The molecule has 1 aliphatic carbocycles. The lowest BCUT2D eigenvalue weighted by Crippen LogP contribution is -2.35. The molecule has 0 amide bonds. The first kappa shape index (κ1) is 11.6. The van der Waals surface area contributed by atoms with Crippen LogP contribution in [0.15, 0.2) is 15.9 Å². The molecule has 1 aromatic heterocycles. The molecule has 1 heterocycles. The van der Waals surface area contributed by atoms with Gasteiger partial charge in [0.15, 0.2) is 0 Å². The highest BCUT2D eigenvalue weighted by Gasteiger charge is 2.19. The van der Waals surface area contributed by atoms with E-state index in [1.165, 1.54) is 15.8 Å². The van der Waals surface area contributed by atoms with Crippen LogP contribution in [0, 0.1) is 0 Å². The van der Waals surface area contributed by atoms with Gasteiger partial charge < -0.3 is 10.4 Å². The zero-order chi connectivity index (χ0) is 10.7. The third-order valence-electron chi connectivity index (χ3n) is 2.89. The Bertz CT molecular complexity index is 315. The summed E-state index contributed by atoms with van der Waals surface area (Å²) in [5, 5.41) is 15.2. The Balaban J connectivity index is 1.80. The minimum atomic E-state index is -0.0944. The molecule has 2 unspecified atom stereocenters. The van der Waals surface area contributed by atoms with Gasteiger partial charge in [0.2, 0.25) is 0 Å². The summed E-state index contributed by atoms with van der Waals surface area (Å²) in [5.74, 6) is 0. The highest BCUT2D eigenvalue weighted by molar-refractivity contribution is 9.10. The lowest BCUT2D eigenvalue weighted by molar-refractivity contribution is 0.111. The van der Waals surface area contributed by atoms with Crippen molar-refractivity contribution in [3.8, 4) is 0 Å². The third kappa shape index (κ3) is 3.28. The fraction of sp³-hybridized carbons (Fsp3) is 0.636. The van der Waals surface area contributed by atoms with Gasteiger partial charge in [-0.2, -0.15) is 0 Å². The summed E-state index contributed by atoms with van der Waals surface area (Å²) in [4.78, 5) is 1.34. The summed E-state index contributed by atoms with van der Waals surface area (Å²) >= 11 is 5.29.